The number of nitrogens with one attached hydrogen (secondary N) is 1. The standard InChI is InChI=1S/C15H22N2S/c1-13-5-11-6-14(2,8-13)10-15(7-11,9-13)17-4-3-16-12(17)18/h3-4,11H,5-10H2,1-2H3,(H,16,18). The molecule has 0 aromatic carbocycles. The Balaban J connectivity index is 1.87. The van der Waals surface area contributed by atoms with Crippen molar-refractivity contribution in [1.82, 2.24) is 9.55 Å². The van der Waals surface area contributed by atoms with Gasteiger partial charge < -0.3 is 9.55 Å². The Labute approximate surface area is 114 Å². The number of rotatable bonds is 1. The fourth-order valence-electron chi connectivity index (χ4n) is 6.35. The molecule has 98 valence electrons. The summed E-state index contributed by atoms with van der Waals surface area (Å²) in [5.74, 6) is 0.924. The van der Waals surface area contributed by atoms with E-state index < -0.39 is 0 Å². The van der Waals surface area contributed by atoms with Gasteiger partial charge in [-0.1, -0.05) is 13.8 Å². The minimum absolute atomic E-state index is 0.319. The molecule has 0 spiro atoms. The van der Waals surface area contributed by atoms with Gasteiger partial charge in [0, 0.05) is 17.9 Å². The van der Waals surface area contributed by atoms with E-state index in [1.165, 1.54) is 38.5 Å². The van der Waals surface area contributed by atoms with Crippen LogP contribution in [0.25, 0.3) is 0 Å². The van der Waals surface area contributed by atoms with Crippen molar-refractivity contribution in [2.75, 3.05) is 0 Å². The molecular weight excluding hydrogens is 240 g/mol. The highest BCUT2D eigenvalue weighted by Gasteiger charge is 2.60. The number of H-pyrrole nitrogens is 1. The van der Waals surface area contributed by atoms with E-state index in [-0.39, 0.29) is 0 Å². The molecule has 2 nitrogen and oxygen atoms in total. The van der Waals surface area contributed by atoms with E-state index in [0.29, 0.717) is 16.4 Å². The van der Waals surface area contributed by atoms with Crippen LogP contribution in [0.2, 0.25) is 0 Å². The first-order valence-corrected chi connectivity index (χ1v) is 7.60. The lowest BCUT2D eigenvalue weighted by Crippen LogP contribution is -2.59. The zero-order valence-electron chi connectivity index (χ0n) is 11.3. The smallest absolute Gasteiger partial charge is 0.177 e. The Kier molecular flexibility index (Phi) is 1.95. The van der Waals surface area contributed by atoms with Crippen molar-refractivity contribution in [3.8, 4) is 0 Å². The largest absolute Gasteiger partial charge is 0.337 e. The maximum Gasteiger partial charge on any atom is 0.177 e. The molecule has 4 bridgehead atoms. The molecule has 18 heavy (non-hydrogen) atoms. The average molecular weight is 262 g/mol. The summed E-state index contributed by atoms with van der Waals surface area (Å²) in [4.78, 5) is 3.20. The Morgan fingerprint density at radius 2 is 1.83 bits per heavy atom. The Morgan fingerprint density at radius 1 is 1.17 bits per heavy atom. The van der Waals surface area contributed by atoms with Gasteiger partial charge in [-0.25, -0.2) is 0 Å². The molecule has 0 amide bonds. The zero-order chi connectivity index (χ0) is 12.6. The molecule has 0 radical (unpaired) electrons. The lowest BCUT2D eigenvalue weighted by Gasteiger charge is -2.65. The van der Waals surface area contributed by atoms with Gasteiger partial charge in [-0.15, -0.1) is 0 Å². The second kappa shape index (κ2) is 3.12. The van der Waals surface area contributed by atoms with Gasteiger partial charge in [0.25, 0.3) is 0 Å². The molecule has 1 heterocycles. The van der Waals surface area contributed by atoms with E-state index in [1.54, 1.807) is 0 Å². The molecule has 4 aliphatic carbocycles. The maximum absolute atomic E-state index is 5.50. The van der Waals surface area contributed by atoms with Crippen molar-refractivity contribution in [3.63, 3.8) is 0 Å². The number of nitrogens with zero attached hydrogens (tertiary/aromatic N) is 1. The predicted octanol–water partition coefficient (Wildman–Crippen LogP) is 4.25. The fourth-order valence-corrected chi connectivity index (χ4v) is 6.67. The molecule has 2 unspecified atom stereocenters. The van der Waals surface area contributed by atoms with Gasteiger partial charge in [-0.2, -0.15) is 0 Å². The summed E-state index contributed by atoms with van der Waals surface area (Å²) < 4.78 is 3.31. The lowest BCUT2D eigenvalue weighted by atomic mass is 9.42. The second-order valence-corrected chi connectivity index (χ2v) is 8.38. The average Bonchev–Trinajstić information content (AvgIpc) is 2.58. The third-order valence-electron chi connectivity index (χ3n) is 5.76. The Bertz CT molecular complexity index is 537. The van der Waals surface area contributed by atoms with Crippen LogP contribution in [0.4, 0.5) is 0 Å². The Morgan fingerprint density at radius 3 is 2.33 bits per heavy atom. The summed E-state index contributed by atoms with van der Waals surface area (Å²) in [7, 11) is 0. The van der Waals surface area contributed by atoms with E-state index in [9.17, 15) is 0 Å². The first-order chi connectivity index (χ1) is 8.42. The summed E-state index contributed by atoms with van der Waals surface area (Å²) in [6.07, 6.45) is 12.5. The molecular formula is C15H22N2S. The first kappa shape index (κ1) is 11.3. The monoisotopic (exact) mass is 262 g/mol. The van der Waals surface area contributed by atoms with Gasteiger partial charge in [0.05, 0.1) is 0 Å². The van der Waals surface area contributed by atoms with Crippen molar-refractivity contribution in [1.29, 1.82) is 0 Å². The summed E-state index contributed by atoms with van der Waals surface area (Å²) in [6, 6.07) is 0. The van der Waals surface area contributed by atoms with Crippen LogP contribution >= 0.6 is 12.2 Å². The van der Waals surface area contributed by atoms with Crippen LogP contribution in [0.3, 0.4) is 0 Å². The van der Waals surface area contributed by atoms with Crippen LogP contribution < -0.4 is 0 Å². The van der Waals surface area contributed by atoms with Crippen LogP contribution in [0.5, 0.6) is 0 Å². The predicted molar refractivity (Wildman–Crippen MR) is 75.0 cm³/mol. The second-order valence-electron chi connectivity index (χ2n) is 7.99. The molecule has 4 fully saturated rings. The van der Waals surface area contributed by atoms with Crippen LogP contribution in [0.15, 0.2) is 12.4 Å². The molecule has 2 atom stereocenters. The molecule has 0 saturated heterocycles. The van der Waals surface area contributed by atoms with E-state index >= 15 is 0 Å². The van der Waals surface area contributed by atoms with Crippen LogP contribution in [0, 0.1) is 21.5 Å². The molecule has 4 aliphatic rings. The number of hydrogen-bond acceptors (Lipinski definition) is 1. The normalized spacial score (nSPS) is 49.8. The number of aromatic nitrogens is 2. The van der Waals surface area contributed by atoms with Crippen molar-refractivity contribution < 1.29 is 0 Å². The van der Waals surface area contributed by atoms with Crippen molar-refractivity contribution >= 4 is 12.2 Å². The number of imidazole rings is 1. The highest BCUT2D eigenvalue weighted by molar-refractivity contribution is 7.71. The molecule has 4 saturated carbocycles. The molecule has 5 rings (SSSR count). The van der Waals surface area contributed by atoms with Crippen LogP contribution in [0.1, 0.15) is 52.4 Å². The molecule has 1 aromatic heterocycles. The van der Waals surface area contributed by atoms with Gasteiger partial charge in [0.2, 0.25) is 0 Å². The van der Waals surface area contributed by atoms with Gasteiger partial charge in [-0.3, -0.25) is 0 Å². The van der Waals surface area contributed by atoms with E-state index in [1.807, 2.05) is 6.20 Å². The van der Waals surface area contributed by atoms with Crippen molar-refractivity contribution in [2.24, 2.45) is 16.7 Å². The van der Waals surface area contributed by atoms with Gasteiger partial charge in [-0.05, 0) is 67.5 Å². The molecule has 1 N–H and O–H groups in total. The third kappa shape index (κ3) is 1.37. The fraction of sp³-hybridized carbons (Fsp3) is 0.800. The third-order valence-corrected chi connectivity index (χ3v) is 6.07. The van der Waals surface area contributed by atoms with Crippen LogP contribution in [-0.4, -0.2) is 9.55 Å². The van der Waals surface area contributed by atoms with Gasteiger partial charge in [0.15, 0.2) is 4.77 Å². The SMILES string of the molecule is CC12CC3CC(C)(C1)CC(n1cc[nH]c1=S)(C3)C2. The maximum atomic E-state index is 5.50. The summed E-state index contributed by atoms with van der Waals surface area (Å²) in [5.41, 5.74) is 1.43. The summed E-state index contributed by atoms with van der Waals surface area (Å²) in [5, 5.41) is 0. The quantitative estimate of drug-likeness (QED) is 0.750. The van der Waals surface area contributed by atoms with Gasteiger partial charge in [0.1, 0.15) is 0 Å². The van der Waals surface area contributed by atoms with E-state index in [4.69, 9.17) is 12.2 Å². The van der Waals surface area contributed by atoms with E-state index in [0.717, 1.165) is 10.7 Å². The highest BCUT2D eigenvalue weighted by atomic mass is 32.1. The zero-order valence-corrected chi connectivity index (χ0v) is 12.1. The minimum Gasteiger partial charge on any atom is -0.337 e. The summed E-state index contributed by atoms with van der Waals surface area (Å²) in [6.45, 7) is 5.03. The lowest BCUT2D eigenvalue weighted by molar-refractivity contribution is -0.136. The topological polar surface area (TPSA) is 20.7 Å². The first-order valence-electron chi connectivity index (χ1n) is 7.19. The van der Waals surface area contributed by atoms with Crippen molar-refractivity contribution in [3.05, 3.63) is 17.2 Å². The molecule has 3 heteroatoms. The number of aromatic amines is 1. The van der Waals surface area contributed by atoms with Crippen molar-refractivity contribution in [2.45, 2.75) is 57.9 Å². The summed E-state index contributed by atoms with van der Waals surface area (Å²) >= 11 is 5.50. The van der Waals surface area contributed by atoms with Gasteiger partial charge >= 0.3 is 0 Å². The molecule has 0 aliphatic heterocycles. The highest BCUT2D eigenvalue weighted by Crippen LogP contribution is 2.68. The van der Waals surface area contributed by atoms with E-state index in [2.05, 4.69) is 29.6 Å². The number of hydrogen-bond donors (Lipinski definition) is 1. The van der Waals surface area contributed by atoms with Crippen LogP contribution in [-0.2, 0) is 5.54 Å². The Hall–Kier alpha value is -0.570. The molecule has 1 aromatic rings. The minimum atomic E-state index is 0.319.